The van der Waals surface area contributed by atoms with Crippen molar-refractivity contribution in [1.29, 1.82) is 0 Å². The van der Waals surface area contributed by atoms with Crippen molar-refractivity contribution in [3.8, 4) is 0 Å². The zero-order chi connectivity index (χ0) is 18.6. The summed E-state index contributed by atoms with van der Waals surface area (Å²) < 4.78 is 10.1. The van der Waals surface area contributed by atoms with Gasteiger partial charge in [0.15, 0.2) is 6.04 Å². The van der Waals surface area contributed by atoms with E-state index in [0.29, 0.717) is 0 Å². The summed E-state index contributed by atoms with van der Waals surface area (Å²) in [5, 5.41) is 5.20. The van der Waals surface area contributed by atoms with Crippen LogP contribution < -0.4 is 10.6 Å². The topological polar surface area (TPSA) is 93.7 Å². The third kappa shape index (κ3) is 5.48. The maximum atomic E-state index is 12.6. The van der Waals surface area contributed by atoms with Crippen LogP contribution in [-0.2, 0) is 25.5 Å². The van der Waals surface area contributed by atoms with Crippen LogP contribution in [-0.4, -0.2) is 41.8 Å². The zero-order valence-electron chi connectivity index (χ0n) is 14.9. The largest absolute Gasteiger partial charge is 0.458 e. The standard InChI is InChI=1S/C18H24N2O5/c1-11-14(16(22)24-11)20-15(21)13(10-12-8-6-5-7-9-12)19-17(23)25-18(2,3)4/h5-9,11,13-14H,10H2,1-4H3,(H,19,23)(H,20,21)/t11-,13+,14+/m1/s1. The Hall–Kier alpha value is -2.57. The highest BCUT2D eigenvalue weighted by Gasteiger charge is 2.41. The van der Waals surface area contributed by atoms with E-state index in [2.05, 4.69) is 10.6 Å². The molecule has 7 heteroatoms. The maximum Gasteiger partial charge on any atom is 0.408 e. The van der Waals surface area contributed by atoms with Crippen LogP contribution >= 0.6 is 0 Å². The molecule has 1 aliphatic heterocycles. The molecular formula is C18H24N2O5. The molecule has 1 aromatic rings. The van der Waals surface area contributed by atoms with Crippen LogP contribution in [0.5, 0.6) is 0 Å². The average molecular weight is 348 g/mol. The minimum absolute atomic E-state index is 0.280. The second-order valence-corrected chi connectivity index (χ2v) is 7.02. The SMILES string of the molecule is C[C@H]1OC(=O)[C@H]1NC(=O)[C@H](Cc1ccccc1)NC(=O)OC(C)(C)C. The molecule has 0 saturated carbocycles. The van der Waals surface area contributed by atoms with Crippen molar-refractivity contribution >= 4 is 18.0 Å². The Balaban J connectivity index is 2.06. The third-order valence-electron chi connectivity index (χ3n) is 3.61. The van der Waals surface area contributed by atoms with Crippen molar-refractivity contribution in [3.63, 3.8) is 0 Å². The molecule has 2 rings (SSSR count). The second-order valence-electron chi connectivity index (χ2n) is 7.02. The number of benzene rings is 1. The lowest BCUT2D eigenvalue weighted by atomic mass is 10.0. The summed E-state index contributed by atoms with van der Waals surface area (Å²) in [6.07, 6.45) is -0.787. The zero-order valence-corrected chi connectivity index (χ0v) is 14.9. The summed E-state index contributed by atoms with van der Waals surface area (Å²) in [6, 6.07) is 7.73. The first-order chi connectivity index (χ1) is 11.7. The van der Waals surface area contributed by atoms with Gasteiger partial charge in [0.1, 0.15) is 17.7 Å². The molecule has 0 bridgehead atoms. The first-order valence-electron chi connectivity index (χ1n) is 8.20. The van der Waals surface area contributed by atoms with Crippen LogP contribution in [0.15, 0.2) is 30.3 Å². The summed E-state index contributed by atoms with van der Waals surface area (Å²) >= 11 is 0. The molecule has 0 aromatic heterocycles. The number of rotatable bonds is 5. The molecule has 25 heavy (non-hydrogen) atoms. The molecule has 2 amide bonds. The molecule has 1 fully saturated rings. The van der Waals surface area contributed by atoms with Crippen molar-refractivity contribution in [1.82, 2.24) is 10.6 Å². The van der Waals surface area contributed by atoms with Gasteiger partial charge in [0.05, 0.1) is 0 Å². The number of amides is 2. The van der Waals surface area contributed by atoms with E-state index in [4.69, 9.17) is 9.47 Å². The summed E-state index contributed by atoms with van der Waals surface area (Å²) in [7, 11) is 0. The predicted molar refractivity (Wildman–Crippen MR) is 90.8 cm³/mol. The summed E-state index contributed by atoms with van der Waals surface area (Å²) in [5.41, 5.74) is 0.201. The quantitative estimate of drug-likeness (QED) is 0.788. The van der Waals surface area contributed by atoms with Crippen molar-refractivity contribution in [2.24, 2.45) is 0 Å². The number of carbonyl (C=O) groups excluding carboxylic acids is 3. The number of ether oxygens (including phenoxy) is 2. The smallest absolute Gasteiger partial charge is 0.408 e. The molecule has 0 unspecified atom stereocenters. The van der Waals surface area contributed by atoms with Crippen LogP contribution in [0.1, 0.15) is 33.3 Å². The number of nitrogens with one attached hydrogen (secondary N) is 2. The Morgan fingerprint density at radius 3 is 2.40 bits per heavy atom. The normalized spacial score (nSPS) is 20.7. The van der Waals surface area contributed by atoms with Crippen molar-refractivity contribution in [3.05, 3.63) is 35.9 Å². The van der Waals surface area contributed by atoms with E-state index in [1.54, 1.807) is 27.7 Å². The van der Waals surface area contributed by atoms with E-state index in [0.717, 1.165) is 5.56 Å². The first kappa shape index (κ1) is 18.8. The maximum absolute atomic E-state index is 12.6. The van der Waals surface area contributed by atoms with Gasteiger partial charge in [0.2, 0.25) is 5.91 Å². The predicted octanol–water partition coefficient (Wildman–Crippen LogP) is 1.55. The van der Waals surface area contributed by atoms with E-state index in [1.807, 2.05) is 30.3 Å². The Morgan fingerprint density at radius 1 is 1.24 bits per heavy atom. The fourth-order valence-electron chi connectivity index (χ4n) is 2.38. The summed E-state index contributed by atoms with van der Waals surface area (Å²) in [6.45, 7) is 6.92. The minimum atomic E-state index is -0.863. The van der Waals surface area contributed by atoms with Gasteiger partial charge >= 0.3 is 12.1 Å². The number of carbonyl (C=O) groups is 3. The lowest BCUT2D eigenvalue weighted by Gasteiger charge is -2.34. The summed E-state index contributed by atoms with van der Waals surface area (Å²) in [5.74, 6) is -0.931. The highest BCUT2D eigenvalue weighted by atomic mass is 16.6. The molecule has 0 spiro atoms. The van der Waals surface area contributed by atoms with Gasteiger partial charge in [-0.1, -0.05) is 30.3 Å². The van der Waals surface area contributed by atoms with Gasteiger partial charge in [0.25, 0.3) is 0 Å². The van der Waals surface area contributed by atoms with Crippen molar-refractivity contribution in [2.75, 3.05) is 0 Å². The number of esters is 1. The van der Waals surface area contributed by atoms with Gasteiger partial charge in [-0.15, -0.1) is 0 Å². The minimum Gasteiger partial charge on any atom is -0.458 e. The Bertz CT molecular complexity index is 639. The van der Waals surface area contributed by atoms with Gasteiger partial charge < -0.3 is 20.1 Å². The fourth-order valence-corrected chi connectivity index (χ4v) is 2.38. The third-order valence-corrected chi connectivity index (χ3v) is 3.61. The lowest BCUT2D eigenvalue weighted by Crippen LogP contribution is -2.62. The molecule has 1 saturated heterocycles. The van der Waals surface area contributed by atoms with E-state index < -0.39 is 35.7 Å². The number of alkyl carbamates (subject to hydrolysis) is 1. The molecule has 1 heterocycles. The van der Waals surface area contributed by atoms with E-state index in [1.165, 1.54) is 0 Å². The van der Waals surface area contributed by atoms with Crippen LogP contribution in [0.3, 0.4) is 0 Å². The molecule has 0 radical (unpaired) electrons. The molecule has 0 aliphatic carbocycles. The van der Waals surface area contributed by atoms with E-state index in [9.17, 15) is 14.4 Å². The van der Waals surface area contributed by atoms with Crippen LogP contribution in [0.4, 0.5) is 4.79 Å². The van der Waals surface area contributed by atoms with Crippen LogP contribution in [0, 0.1) is 0 Å². The Morgan fingerprint density at radius 2 is 1.88 bits per heavy atom. The molecule has 136 valence electrons. The molecule has 2 N–H and O–H groups in total. The van der Waals surface area contributed by atoms with Gasteiger partial charge in [-0.05, 0) is 33.3 Å². The first-order valence-corrected chi connectivity index (χ1v) is 8.20. The number of hydrogen-bond donors (Lipinski definition) is 2. The van der Waals surface area contributed by atoms with E-state index in [-0.39, 0.29) is 12.5 Å². The molecular weight excluding hydrogens is 324 g/mol. The highest BCUT2D eigenvalue weighted by Crippen LogP contribution is 2.14. The fraction of sp³-hybridized carbons (Fsp3) is 0.500. The number of hydrogen-bond acceptors (Lipinski definition) is 5. The summed E-state index contributed by atoms with van der Waals surface area (Å²) in [4.78, 5) is 36.0. The second kappa shape index (κ2) is 7.55. The molecule has 1 aliphatic rings. The van der Waals surface area contributed by atoms with Crippen molar-refractivity contribution in [2.45, 2.75) is 57.9 Å². The van der Waals surface area contributed by atoms with Gasteiger partial charge in [-0.25, -0.2) is 9.59 Å². The Kier molecular flexibility index (Phi) is 5.66. The molecule has 7 nitrogen and oxygen atoms in total. The van der Waals surface area contributed by atoms with Gasteiger partial charge in [-0.2, -0.15) is 0 Å². The molecule has 3 atom stereocenters. The van der Waals surface area contributed by atoms with Crippen molar-refractivity contribution < 1.29 is 23.9 Å². The average Bonchev–Trinajstić information content (AvgIpc) is 2.51. The van der Waals surface area contributed by atoms with Gasteiger partial charge in [-0.3, -0.25) is 4.79 Å². The van der Waals surface area contributed by atoms with E-state index >= 15 is 0 Å². The molecule has 1 aromatic carbocycles. The Labute approximate surface area is 147 Å². The lowest BCUT2D eigenvalue weighted by molar-refractivity contribution is -0.176. The van der Waals surface area contributed by atoms with Gasteiger partial charge in [0, 0.05) is 6.42 Å². The van der Waals surface area contributed by atoms with Crippen LogP contribution in [0.2, 0.25) is 0 Å². The number of cyclic esters (lactones) is 1. The van der Waals surface area contributed by atoms with Crippen LogP contribution in [0.25, 0.3) is 0 Å². The highest BCUT2D eigenvalue weighted by molar-refractivity contribution is 5.92. The monoisotopic (exact) mass is 348 g/mol.